The molecule has 5 heteroatoms. The maximum atomic E-state index is 12.6. The van der Waals surface area contributed by atoms with Crippen molar-refractivity contribution in [1.29, 1.82) is 0 Å². The van der Waals surface area contributed by atoms with Gasteiger partial charge < -0.3 is 0 Å². The topological polar surface area (TPSA) is 9.23 Å². The first-order valence-corrected chi connectivity index (χ1v) is 11.9. The van der Waals surface area contributed by atoms with Crippen molar-refractivity contribution in [2.75, 3.05) is 0 Å². The number of halogens is 3. The Kier molecular flexibility index (Phi) is 6.14. The Bertz CT molecular complexity index is 594. The van der Waals surface area contributed by atoms with Crippen LogP contribution in [0.4, 0.5) is 13.2 Å². The summed E-state index contributed by atoms with van der Waals surface area (Å²) in [5.41, 5.74) is 0.398. The molecule has 0 radical (unpaired) electrons. The summed E-state index contributed by atoms with van der Waals surface area (Å²) >= 11 is -0.592. The molecule has 0 saturated carbocycles. The quantitative estimate of drug-likeness (QED) is 0.554. The molecule has 2 aromatic rings. The summed E-state index contributed by atoms with van der Waals surface area (Å²) in [6.45, 7) is 0. The average molecular weight is 388 g/mol. The van der Waals surface area contributed by atoms with Crippen LogP contribution in [0.3, 0.4) is 0 Å². The van der Waals surface area contributed by atoms with E-state index in [1.807, 2.05) is 30.3 Å². The van der Waals surface area contributed by atoms with Gasteiger partial charge in [-0.2, -0.15) is 0 Å². The zero-order valence-electron chi connectivity index (χ0n) is 13.1. The predicted octanol–water partition coefficient (Wildman–Crippen LogP) is 5.97. The molecule has 0 aliphatic carbocycles. The van der Waals surface area contributed by atoms with Crippen molar-refractivity contribution >= 4 is 13.9 Å². The van der Waals surface area contributed by atoms with Gasteiger partial charge in [-0.1, -0.05) is 0 Å². The molecule has 0 aromatic heterocycles. The number of hydrogen-bond acceptors (Lipinski definition) is 1. The fourth-order valence-corrected chi connectivity index (χ4v) is 3.63. The van der Waals surface area contributed by atoms with E-state index in [4.69, 9.17) is 4.74 Å². The number of alkyl halides is 3. The Morgan fingerprint density at radius 1 is 0.957 bits per heavy atom. The number of benzene rings is 2. The van der Waals surface area contributed by atoms with Crippen molar-refractivity contribution in [2.45, 2.75) is 35.7 Å². The van der Waals surface area contributed by atoms with Crippen molar-refractivity contribution in [3.05, 3.63) is 65.7 Å². The maximum absolute atomic E-state index is 12.6. The molecule has 0 N–H and O–H groups in total. The first kappa shape index (κ1) is 17.9. The molecule has 0 spiro atoms. The normalized spacial score (nSPS) is 13.1. The van der Waals surface area contributed by atoms with Gasteiger partial charge in [0.05, 0.1) is 0 Å². The molecule has 1 nitrogen and oxygen atoms in total. The Morgan fingerprint density at radius 2 is 1.57 bits per heavy atom. The van der Waals surface area contributed by atoms with E-state index < -0.39 is 25.6 Å². The fourth-order valence-electron chi connectivity index (χ4n) is 2.19. The molecular weight excluding hydrogens is 368 g/mol. The second-order valence-corrected chi connectivity index (χ2v) is 10.5. The van der Waals surface area contributed by atoms with Crippen molar-refractivity contribution in [3.63, 3.8) is 0 Å². The zero-order valence-corrected chi connectivity index (χ0v) is 14.9. The summed E-state index contributed by atoms with van der Waals surface area (Å²) < 4.78 is 43.8. The van der Waals surface area contributed by atoms with Crippen LogP contribution in [0, 0.1) is 0 Å². The summed E-state index contributed by atoms with van der Waals surface area (Å²) in [6.07, 6.45) is -3.57. The Morgan fingerprint density at radius 3 is 2.09 bits per heavy atom. The average Bonchev–Trinajstić information content (AvgIpc) is 2.51. The van der Waals surface area contributed by atoms with E-state index in [0.717, 1.165) is 29.4 Å². The predicted molar refractivity (Wildman–Crippen MR) is 88.2 cm³/mol. The Hall–Kier alpha value is -1.45. The van der Waals surface area contributed by atoms with Crippen LogP contribution in [0.15, 0.2) is 54.6 Å². The summed E-state index contributed by atoms with van der Waals surface area (Å²) in [5, 5.41) is 1.11. The van der Waals surface area contributed by atoms with E-state index in [2.05, 4.69) is 11.6 Å². The second-order valence-electron chi connectivity index (χ2n) is 5.52. The summed E-state index contributed by atoms with van der Waals surface area (Å²) in [7, 11) is 0. The van der Waals surface area contributed by atoms with Crippen LogP contribution < -0.4 is 4.74 Å². The van der Waals surface area contributed by atoms with E-state index in [1.165, 1.54) is 12.1 Å². The third-order valence-electron chi connectivity index (χ3n) is 3.42. The van der Waals surface area contributed by atoms with Gasteiger partial charge in [0.2, 0.25) is 0 Å². The van der Waals surface area contributed by atoms with Crippen LogP contribution in [-0.4, -0.2) is 13.9 Å². The van der Waals surface area contributed by atoms with Gasteiger partial charge >= 0.3 is 139 Å². The molecule has 0 heterocycles. The van der Waals surface area contributed by atoms with Gasteiger partial charge in [0.1, 0.15) is 0 Å². The molecule has 0 bridgehead atoms. The minimum absolute atomic E-state index is 0.126. The Balaban J connectivity index is 2.14. The van der Waals surface area contributed by atoms with Gasteiger partial charge in [-0.25, -0.2) is 0 Å². The summed E-state index contributed by atoms with van der Waals surface area (Å²) in [5.74, 6) is 5.00. The van der Waals surface area contributed by atoms with Crippen LogP contribution in [0.5, 0.6) is 5.75 Å². The fraction of sp³-hybridized carbons (Fsp3) is 0.333. The van der Waals surface area contributed by atoms with Crippen molar-refractivity contribution in [2.24, 2.45) is 0 Å². The van der Waals surface area contributed by atoms with Gasteiger partial charge in [-0.05, 0) is 0 Å². The van der Waals surface area contributed by atoms with E-state index in [-0.39, 0.29) is 6.10 Å². The van der Waals surface area contributed by atoms with Gasteiger partial charge in [-0.3, -0.25) is 0 Å². The monoisotopic (exact) mass is 389 g/mol. The third-order valence-corrected chi connectivity index (χ3v) is 5.63. The van der Waals surface area contributed by atoms with Gasteiger partial charge in [0, 0.05) is 0 Å². The van der Waals surface area contributed by atoms with Crippen LogP contribution in [0.1, 0.15) is 23.7 Å². The van der Waals surface area contributed by atoms with Crippen LogP contribution in [-0.2, 0) is 6.18 Å². The minimum atomic E-state index is -4.32. The first-order valence-electron chi connectivity index (χ1n) is 7.29. The van der Waals surface area contributed by atoms with Gasteiger partial charge in [0.25, 0.3) is 0 Å². The van der Waals surface area contributed by atoms with E-state index in [0.29, 0.717) is 5.75 Å². The summed E-state index contributed by atoms with van der Waals surface area (Å²) in [4.78, 5) is 0. The van der Waals surface area contributed by atoms with Crippen LogP contribution in [0.2, 0.25) is 17.0 Å². The van der Waals surface area contributed by atoms with E-state index in [1.54, 1.807) is 0 Å². The molecule has 0 saturated heterocycles. The molecule has 23 heavy (non-hydrogen) atoms. The van der Waals surface area contributed by atoms with Gasteiger partial charge in [0.15, 0.2) is 0 Å². The van der Waals surface area contributed by atoms with Crippen molar-refractivity contribution in [3.8, 4) is 5.75 Å². The molecule has 0 amide bonds. The standard InChI is InChI=1S/C18H20F3OSe/c1-23(2)13-12-17(14-6-4-3-5-7-14)22-16-10-8-15(9-11-16)18(19,20)21/h3-11,17H,12-13H2,1-2H3/q+1. The van der Waals surface area contributed by atoms with Gasteiger partial charge in [-0.15, -0.1) is 0 Å². The Labute approximate surface area is 139 Å². The molecule has 1 unspecified atom stereocenters. The molecule has 0 fully saturated rings. The van der Waals surface area contributed by atoms with Crippen LogP contribution >= 0.6 is 0 Å². The molecule has 2 rings (SSSR count). The number of rotatable bonds is 6. The van der Waals surface area contributed by atoms with Crippen LogP contribution in [0.25, 0.3) is 0 Å². The summed E-state index contributed by atoms with van der Waals surface area (Å²) in [6, 6.07) is 14.7. The van der Waals surface area contributed by atoms with E-state index >= 15 is 0 Å². The number of hydrogen-bond donors (Lipinski definition) is 0. The zero-order chi connectivity index (χ0) is 16.9. The number of ether oxygens (including phenoxy) is 1. The molecule has 1 atom stereocenters. The second kappa shape index (κ2) is 7.89. The van der Waals surface area contributed by atoms with Crippen molar-refractivity contribution in [1.82, 2.24) is 0 Å². The SMILES string of the molecule is C[Se+](C)CCC(Oc1ccc(C(F)(F)F)cc1)c1ccccc1. The first-order chi connectivity index (χ1) is 10.9. The molecule has 2 aromatic carbocycles. The van der Waals surface area contributed by atoms with Crippen molar-refractivity contribution < 1.29 is 17.9 Å². The van der Waals surface area contributed by atoms with E-state index in [9.17, 15) is 13.2 Å². The molecule has 0 aliphatic heterocycles. The molecular formula is C18H20F3OSe+. The molecule has 124 valence electrons. The third kappa shape index (κ3) is 5.59. The molecule has 0 aliphatic rings.